The van der Waals surface area contributed by atoms with Crippen LogP contribution >= 0.6 is 0 Å². The highest BCUT2D eigenvalue weighted by molar-refractivity contribution is 7.86. The van der Waals surface area contributed by atoms with Crippen LogP contribution in [0.4, 0.5) is 58.4 Å². The number of benzene rings is 4. The second-order valence-electron chi connectivity index (χ2n) is 14.4. The molecule has 0 spiro atoms. The van der Waals surface area contributed by atoms with Crippen molar-refractivity contribution in [2.24, 2.45) is 0 Å². The van der Waals surface area contributed by atoms with Gasteiger partial charge in [0.1, 0.15) is 9.79 Å². The van der Waals surface area contributed by atoms with Gasteiger partial charge >= 0.3 is 0 Å². The molecule has 4 aromatic carbocycles. The largest absolute Gasteiger partial charge is 0.378 e. The van der Waals surface area contributed by atoms with Crippen molar-refractivity contribution >= 4 is 101 Å². The molecule has 2 aliphatic rings. The molecule has 2 fully saturated rings. The smallest absolute Gasteiger partial charge is 0.295 e. The maximum absolute atomic E-state index is 12.8. The summed E-state index contributed by atoms with van der Waals surface area (Å²) in [5.41, 5.74) is 1.30. The Hall–Kier alpha value is -6.91. The Kier molecular flexibility index (Phi) is 13.3. The number of aromatic nitrogens is 6. The highest BCUT2D eigenvalue weighted by atomic mass is 32.2. The maximum Gasteiger partial charge on any atom is 0.295 e. The molecule has 7 N–H and O–H groups in total. The van der Waals surface area contributed by atoms with Crippen LogP contribution in [0.2, 0.25) is 0 Å². The van der Waals surface area contributed by atoms with E-state index in [4.69, 9.17) is 9.47 Å². The van der Waals surface area contributed by atoms with Crippen molar-refractivity contribution < 1.29 is 48.4 Å². The molecule has 0 saturated carbocycles. The van der Waals surface area contributed by atoms with Gasteiger partial charge in [0.15, 0.2) is 0 Å². The average Bonchev–Trinajstić information content (AvgIpc) is 3.29. The molecule has 6 aromatic rings. The van der Waals surface area contributed by atoms with E-state index in [0.717, 1.165) is 12.1 Å². The number of hydrogen-bond donors (Lipinski definition) is 7. The molecule has 344 valence electrons. The van der Waals surface area contributed by atoms with Crippen molar-refractivity contribution in [3.8, 4) is 0 Å². The van der Waals surface area contributed by atoms with E-state index in [9.17, 15) is 38.9 Å². The minimum absolute atomic E-state index is 0.0230. The van der Waals surface area contributed by atoms with Gasteiger partial charge in [0.05, 0.1) is 31.3 Å². The minimum atomic E-state index is -4.91. The summed E-state index contributed by atoms with van der Waals surface area (Å²) in [6.07, 6.45) is 2.51. The number of anilines is 10. The molecule has 2 aliphatic heterocycles. The maximum atomic E-state index is 12.8. The predicted molar refractivity (Wildman–Crippen MR) is 243 cm³/mol. The third-order valence-corrected chi connectivity index (χ3v) is 12.5. The van der Waals surface area contributed by atoms with Crippen LogP contribution in [0.1, 0.15) is 11.1 Å². The van der Waals surface area contributed by atoms with Crippen LogP contribution in [0.5, 0.6) is 0 Å². The Bertz CT molecular complexity index is 3100. The van der Waals surface area contributed by atoms with Gasteiger partial charge in [-0.2, -0.15) is 55.2 Å². The van der Waals surface area contributed by atoms with Gasteiger partial charge < -0.3 is 40.5 Å². The van der Waals surface area contributed by atoms with Crippen LogP contribution in [0.15, 0.2) is 106 Å². The number of ether oxygens (including phenoxy) is 2. The summed E-state index contributed by atoms with van der Waals surface area (Å²) >= 11 is 0. The Morgan fingerprint density at radius 2 is 0.818 bits per heavy atom. The van der Waals surface area contributed by atoms with Gasteiger partial charge in [-0.1, -0.05) is 42.5 Å². The first-order chi connectivity index (χ1) is 31.5. The van der Waals surface area contributed by atoms with E-state index in [1.54, 1.807) is 0 Å². The molecular weight excluding hydrogens is 921 g/mol. The Morgan fingerprint density at radius 1 is 0.455 bits per heavy atom. The lowest BCUT2D eigenvalue weighted by Gasteiger charge is -2.27. The zero-order valence-corrected chi connectivity index (χ0v) is 36.8. The van der Waals surface area contributed by atoms with E-state index in [0.29, 0.717) is 69.9 Å². The van der Waals surface area contributed by atoms with Crippen molar-refractivity contribution in [3.05, 3.63) is 102 Å². The van der Waals surface area contributed by atoms with Crippen LogP contribution in [0.25, 0.3) is 12.2 Å². The molecule has 8 rings (SSSR count). The van der Waals surface area contributed by atoms with Gasteiger partial charge in [-0.25, -0.2) is 0 Å². The lowest BCUT2D eigenvalue weighted by molar-refractivity contribution is 0.122. The lowest BCUT2D eigenvalue weighted by Crippen LogP contribution is -2.37. The minimum Gasteiger partial charge on any atom is -0.378 e. The van der Waals surface area contributed by atoms with Crippen molar-refractivity contribution in [1.82, 2.24) is 29.9 Å². The van der Waals surface area contributed by atoms with Crippen LogP contribution in [0, 0.1) is 0 Å². The number of nitrogens with zero attached hydrogens (tertiary/aromatic N) is 8. The van der Waals surface area contributed by atoms with E-state index in [1.165, 1.54) is 60.7 Å². The standard InChI is InChI=1S/C40H40N12O11S3/c53-64(54,55)32-14-12-29(13-15-32)42-36-46-38(50-40(48-36)52-18-22-63-23-19-52)44-31-11-9-27(34(25-31)66(59,60)61)7-6-26-8-10-30(24-33(26)65(56,57)58)43-37-45-35(41-28-4-2-1-3-5-28)47-39(49-37)51-16-20-62-21-17-51/h1-15,24-25H,16-23H2,(H,53,54,55)(H,56,57,58)(H,59,60,61)(H2,41,43,45,47,49)(H2,42,44,46,48,50). The number of rotatable bonds is 15. The van der Waals surface area contributed by atoms with Crippen molar-refractivity contribution in [3.63, 3.8) is 0 Å². The van der Waals surface area contributed by atoms with Gasteiger partial charge in [-0.05, 0) is 71.8 Å². The first-order valence-corrected chi connectivity index (χ1v) is 24.1. The zero-order valence-electron chi connectivity index (χ0n) is 34.4. The zero-order chi connectivity index (χ0) is 46.5. The molecule has 23 nitrogen and oxygen atoms in total. The van der Waals surface area contributed by atoms with Crippen molar-refractivity contribution in [2.75, 3.05) is 83.7 Å². The van der Waals surface area contributed by atoms with Gasteiger partial charge in [0.2, 0.25) is 35.7 Å². The van der Waals surface area contributed by atoms with E-state index in [2.05, 4.69) is 51.2 Å². The second-order valence-corrected chi connectivity index (χ2v) is 18.6. The van der Waals surface area contributed by atoms with Gasteiger partial charge in [0, 0.05) is 48.9 Å². The topological polar surface area (TPSA) is 314 Å². The number of para-hydroxylation sites is 1. The number of morpholine rings is 2. The van der Waals surface area contributed by atoms with E-state index in [-0.39, 0.29) is 57.1 Å². The van der Waals surface area contributed by atoms with Crippen LogP contribution in [-0.2, 0) is 39.8 Å². The molecule has 2 aromatic heterocycles. The monoisotopic (exact) mass is 960 g/mol. The molecule has 0 atom stereocenters. The molecule has 0 amide bonds. The highest BCUT2D eigenvalue weighted by Crippen LogP contribution is 2.30. The van der Waals surface area contributed by atoms with Crippen molar-refractivity contribution in [1.29, 1.82) is 0 Å². The molecule has 0 aliphatic carbocycles. The Balaban J connectivity index is 1.06. The molecule has 2 saturated heterocycles. The van der Waals surface area contributed by atoms with Crippen molar-refractivity contribution in [2.45, 2.75) is 14.7 Å². The third-order valence-electron chi connectivity index (χ3n) is 9.81. The fourth-order valence-corrected chi connectivity index (χ4v) is 8.54. The molecule has 26 heteroatoms. The molecule has 0 radical (unpaired) electrons. The van der Waals surface area contributed by atoms with Crippen LogP contribution in [0.3, 0.4) is 0 Å². The Morgan fingerprint density at radius 3 is 1.20 bits per heavy atom. The van der Waals surface area contributed by atoms with E-state index < -0.39 is 40.1 Å². The summed E-state index contributed by atoms with van der Waals surface area (Å²) in [6.45, 7) is 3.68. The summed E-state index contributed by atoms with van der Waals surface area (Å²) < 4.78 is 115. The Labute approximate surface area is 378 Å². The molecule has 0 unspecified atom stereocenters. The first-order valence-electron chi connectivity index (χ1n) is 19.8. The van der Waals surface area contributed by atoms with Gasteiger partial charge in [-0.3, -0.25) is 13.7 Å². The fourth-order valence-electron chi connectivity index (χ4n) is 6.64. The lowest BCUT2D eigenvalue weighted by atomic mass is 10.1. The number of nitrogens with one attached hydrogen (secondary N) is 4. The molecule has 0 bridgehead atoms. The summed E-state index contributed by atoms with van der Waals surface area (Å²) in [6, 6.07) is 22.3. The normalized spacial score (nSPS) is 14.8. The van der Waals surface area contributed by atoms with Crippen LogP contribution < -0.4 is 31.1 Å². The first kappa shape index (κ1) is 45.7. The summed E-state index contributed by atoms with van der Waals surface area (Å²) in [4.78, 5) is 29.3. The quantitative estimate of drug-likeness (QED) is 0.0545. The van der Waals surface area contributed by atoms with Gasteiger partial charge in [0.25, 0.3) is 30.4 Å². The van der Waals surface area contributed by atoms with E-state index in [1.807, 2.05) is 40.1 Å². The summed E-state index contributed by atoms with van der Waals surface area (Å²) in [5, 5.41) is 12.0. The predicted octanol–water partition coefficient (Wildman–Crippen LogP) is 4.61. The van der Waals surface area contributed by atoms with E-state index >= 15 is 0 Å². The summed E-state index contributed by atoms with van der Waals surface area (Å²) in [5.74, 6) is 0.831. The third kappa shape index (κ3) is 11.7. The van der Waals surface area contributed by atoms with Gasteiger partial charge in [-0.15, -0.1) is 0 Å². The fraction of sp³-hybridized carbons (Fsp3) is 0.200. The summed E-state index contributed by atoms with van der Waals surface area (Å²) in [7, 11) is -14.2. The van der Waals surface area contributed by atoms with Crippen LogP contribution in [-0.4, -0.2) is 121 Å². The molecular formula is C40H40N12O11S3. The highest BCUT2D eigenvalue weighted by Gasteiger charge is 2.22. The molecule has 66 heavy (non-hydrogen) atoms. The number of hydrogen-bond acceptors (Lipinski definition) is 20. The SMILES string of the molecule is O=S(=O)(O)c1ccc(Nc2nc(Nc3ccc(C=Cc4ccc(Nc5nc(Nc6ccccc6)nc(N6CCOCC6)n5)cc4S(=O)(=O)O)c(S(=O)(=O)O)c3)nc(N3CCOCC3)n2)cc1. The second kappa shape index (κ2) is 19.3. The average molecular weight is 961 g/mol. The molecule has 4 heterocycles.